The van der Waals surface area contributed by atoms with Gasteiger partial charge in [0.25, 0.3) is 0 Å². The molecule has 0 amide bonds. The largest absolute Gasteiger partial charge is 0.508 e. The number of phenols is 3. The fourth-order valence-electron chi connectivity index (χ4n) is 1.81. The van der Waals surface area contributed by atoms with Crippen LogP contribution in [0.5, 0.6) is 17.2 Å². The first-order valence-corrected chi connectivity index (χ1v) is 4.99. The molecule has 4 N–H and O–H groups in total. The molecule has 0 aromatic heterocycles. The van der Waals surface area contributed by atoms with Crippen LogP contribution in [0.3, 0.4) is 0 Å². The molecular weight excluding hydrogens is 194 g/mol. The first-order chi connectivity index (χ1) is 7.06. The van der Waals surface area contributed by atoms with Gasteiger partial charge in [0.2, 0.25) is 0 Å². The molecule has 0 unspecified atom stereocenters. The van der Waals surface area contributed by atoms with Crippen LogP contribution < -0.4 is 5.32 Å². The molecule has 82 valence electrons. The third-order valence-electron chi connectivity index (χ3n) is 3.09. The summed E-state index contributed by atoms with van der Waals surface area (Å²) in [5.74, 6) is -0.217. The van der Waals surface area contributed by atoms with Crippen molar-refractivity contribution >= 4 is 0 Å². The number of rotatable bonds is 3. The van der Waals surface area contributed by atoms with E-state index in [1.165, 1.54) is 12.1 Å². The predicted molar refractivity (Wildman–Crippen MR) is 56.2 cm³/mol. The van der Waals surface area contributed by atoms with Crippen LogP contribution in [0.15, 0.2) is 12.1 Å². The molecule has 15 heavy (non-hydrogen) atoms. The van der Waals surface area contributed by atoms with Crippen molar-refractivity contribution in [1.82, 2.24) is 5.32 Å². The van der Waals surface area contributed by atoms with Crippen LogP contribution in [0.1, 0.15) is 18.4 Å². The molecule has 0 spiro atoms. The van der Waals surface area contributed by atoms with Crippen molar-refractivity contribution in [3.63, 3.8) is 0 Å². The van der Waals surface area contributed by atoms with Crippen molar-refractivity contribution in [2.75, 3.05) is 7.05 Å². The smallest absolute Gasteiger partial charge is 0.126 e. The Labute approximate surface area is 88.2 Å². The van der Waals surface area contributed by atoms with Crippen molar-refractivity contribution in [2.24, 2.45) is 0 Å². The zero-order chi connectivity index (χ0) is 11.1. The van der Waals surface area contributed by atoms with E-state index in [1.54, 1.807) is 0 Å². The van der Waals surface area contributed by atoms with Crippen molar-refractivity contribution in [2.45, 2.75) is 24.8 Å². The maximum absolute atomic E-state index is 9.61. The fourth-order valence-corrected chi connectivity index (χ4v) is 1.81. The number of hydrogen-bond acceptors (Lipinski definition) is 4. The summed E-state index contributed by atoms with van der Waals surface area (Å²) in [7, 11) is 1.88. The van der Waals surface area contributed by atoms with E-state index in [9.17, 15) is 10.2 Å². The molecule has 0 aliphatic heterocycles. The van der Waals surface area contributed by atoms with E-state index in [0.29, 0.717) is 12.0 Å². The van der Waals surface area contributed by atoms with E-state index in [2.05, 4.69) is 5.32 Å². The summed E-state index contributed by atoms with van der Waals surface area (Å²) in [6.07, 6.45) is 2.67. The Morgan fingerprint density at radius 1 is 1.20 bits per heavy atom. The van der Waals surface area contributed by atoms with E-state index in [-0.39, 0.29) is 22.8 Å². The lowest BCUT2D eigenvalue weighted by atomic mass is 10.0. The van der Waals surface area contributed by atoms with Gasteiger partial charge in [0, 0.05) is 23.2 Å². The summed E-state index contributed by atoms with van der Waals surface area (Å²) in [5.41, 5.74) is 0.519. The van der Waals surface area contributed by atoms with Gasteiger partial charge in [-0.05, 0) is 26.3 Å². The highest BCUT2D eigenvalue weighted by atomic mass is 16.3. The Morgan fingerprint density at radius 2 is 1.73 bits per heavy atom. The normalized spacial score (nSPS) is 17.7. The van der Waals surface area contributed by atoms with E-state index in [0.717, 1.165) is 12.8 Å². The average molecular weight is 209 g/mol. The molecule has 1 aliphatic carbocycles. The third-order valence-corrected chi connectivity index (χ3v) is 3.09. The van der Waals surface area contributed by atoms with Crippen molar-refractivity contribution in [3.8, 4) is 17.2 Å². The summed E-state index contributed by atoms with van der Waals surface area (Å²) in [4.78, 5) is 0. The first kappa shape index (κ1) is 10.1. The van der Waals surface area contributed by atoms with Crippen LogP contribution in [0.4, 0.5) is 0 Å². The Bertz CT molecular complexity index is 362. The molecule has 2 rings (SSSR count). The Kier molecular flexibility index (Phi) is 2.23. The number of hydrogen-bond donors (Lipinski definition) is 4. The minimum atomic E-state index is -0.122. The summed E-state index contributed by atoms with van der Waals surface area (Å²) in [5, 5.41) is 31.6. The SMILES string of the molecule is CNC1(Cc2c(O)cc(O)cc2O)CC1. The molecule has 0 radical (unpaired) electrons. The topological polar surface area (TPSA) is 72.7 Å². The summed E-state index contributed by atoms with van der Waals surface area (Å²) < 4.78 is 0. The zero-order valence-electron chi connectivity index (χ0n) is 8.62. The number of phenolic OH excluding ortho intramolecular Hbond substituents is 3. The van der Waals surface area contributed by atoms with Crippen LogP contribution in [0.2, 0.25) is 0 Å². The van der Waals surface area contributed by atoms with Crippen molar-refractivity contribution in [3.05, 3.63) is 17.7 Å². The number of nitrogens with one attached hydrogen (secondary N) is 1. The molecular formula is C11H15NO3. The fraction of sp³-hybridized carbons (Fsp3) is 0.455. The van der Waals surface area contributed by atoms with Crippen LogP contribution >= 0.6 is 0 Å². The van der Waals surface area contributed by atoms with Gasteiger partial charge in [-0.15, -0.1) is 0 Å². The minimum Gasteiger partial charge on any atom is -0.508 e. The summed E-state index contributed by atoms with van der Waals surface area (Å²) in [6, 6.07) is 2.50. The second-order valence-electron chi connectivity index (χ2n) is 4.17. The molecule has 0 bridgehead atoms. The molecule has 1 aromatic rings. The van der Waals surface area contributed by atoms with Gasteiger partial charge in [-0.2, -0.15) is 0 Å². The predicted octanol–water partition coefficient (Wildman–Crippen LogP) is 1.10. The van der Waals surface area contributed by atoms with Crippen molar-refractivity contribution < 1.29 is 15.3 Å². The highest BCUT2D eigenvalue weighted by molar-refractivity contribution is 5.49. The van der Waals surface area contributed by atoms with Gasteiger partial charge < -0.3 is 20.6 Å². The lowest BCUT2D eigenvalue weighted by molar-refractivity contribution is 0.410. The van der Waals surface area contributed by atoms with E-state index in [4.69, 9.17) is 5.11 Å². The molecule has 4 nitrogen and oxygen atoms in total. The molecule has 0 saturated heterocycles. The highest BCUT2D eigenvalue weighted by Gasteiger charge is 2.42. The summed E-state index contributed by atoms with van der Waals surface area (Å²) >= 11 is 0. The standard InChI is InChI=1S/C11H15NO3/c1-12-11(2-3-11)6-8-9(14)4-7(13)5-10(8)15/h4-5,12-15H,2-3,6H2,1H3. The van der Waals surface area contributed by atoms with Crippen LogP contribution in [0.25, 0.3) is 0 Å². The lowest BCUT2D eigenvalue weighted by Crippen LogP contribution is -2.29. The van der Waals surface area contributed by atoms with E-state index >= 15 is 0 Å². The first-order valence-electron chi connectivity index (χ1n) is 4.99. The molecule has 0 heterocycles. The second-order valence-corrected chi connectivity index (χ2v) is 4.17. The molecule has 1 aliphatic rings. The quantitative estimate of drug-likeness (QED) is 0.601. The lowest BCUT2D eigenvalue weighted by Gasteiger charge is -2.16. The van der Waals surface area contributed by atoms with E-state index in [1.807, 2.05) is 7.05 Å². The third kappa shape index (κ3) is 1.85. The molecule has 1 saturated carbocycles. The van der Waals surface area contributed by atoms with Gasteiger partial charge in [0.1, 0.15) is 17.2 Å². The Balaban J connectivity index is 2.28. The number of likely N-dealkylation sites (N-methyl/N-ethyl adjacent to an activating group) is 1. The monoisotopic (exact) mass is 209 g/mol. The maximum Gasteiger partial charge on any atom is 0.126 e. The molecule has 4 heteroatoms. The molecule has 1 fully saturated rings. The number of benzene rings is 1. The van der Waals surface area contributed by atoms with Crippen LogP contribution in [-0.4, -0.2) is 27.9 Å². The van der Waals surface area contributed by atoms with Gasteiger partial charge in [0.15, 0.2) is 0 Å². The van der Waals surface area contributed by atoms with Gasteiger partial charge in [-0.3, -0.25) is 0 Å². The second kappa shape index (κ2) is 3.31. The zero-order valence-corrected chi connectivity index (χ0v) is 8.62. The van der Waals surface area contributed by atoms with Gasteiger partial charge in [0.05, 0.1) is 0 Å². The molecule has 0 atom stereocenters. The average Bonchev–Trinajstić information content (AvgIpc) is 2.92. The van der Waals surface area contributed by atoms with Gasteiger partial charge >= 0.3 is 0 Å². The van der Waals surface area contributed by atoms with E-state index < -0.39 is 0 Å². The Morgan fingerprint density at radius 3 is 2.13 bits per heavy atom. The van der Waals surface area contributed by atoms with Crippen molar-refractivity contribution in [1.29, 1.82) is 0 Å². The number of aromatic hydroxyl groups is 3. The maximum atomic E-state index is 9.61. The summed E-state index contributed by atoms with van der Waals surface area (Å²) in [6.45, 7) is 0. The van der Waals surface area contributed by atoms with Crippen LogP contribution in [-0.2, 0) is 6.42 Å². The highest BCUT2D eigenvalue weighted by Crippen LogP contribution is 2.43. The Hall–Kier alpha value is -1.42. The van der Waals surface area contributed by atoms with Gasteiger partial charge in [-0.25, -0.2) is 0 Å². The van der Waals surface area contributed by atoms with Crippen LogP contribution in [0, 0.1) is 0 Å². The minimum absolute atomic E-state index is 0.0198. The van der Waals surface area contributed by atoms with Gasteiger partial charge in [-0.1, -0.05) is 0 Å². The molecule has 1 aromatic carbocycles.